The van der Waals surface area contributed by atoms with Crippen LogP contribution >= 0.6 is 0 Å². The van der Waals surface area contributed by atoms with Crippen molar-refractivity contribution in [3.8, 4) is 0 Å². The van der Waals surface area contributed by atoms with E-state index in [1.165, 1.54) is 27.4 Å². The van der Waals surface area contributed by atoms with Crippen LogP contribution in [0.4, 0.5) is 0 Å². The molecule has 5 rings (SSSR count). The minimum atomic E-state index is 0.421. The number of morpholine rings is 1. The summed E-state index contributed by atoms with van der Waals surface area (Å²) in [6.07, 6.45) is 1.09. The van der Waals surface area contributed by atoms with Gasteiger partial charge in [-0.15, -0.1) is 0 Å². The Morgan fingerprint density at radius 3 is 1.93 bits per heavy atom. The maximum Gasteiger partial charge on any atom is 0.0594 e. The van der Waals surface area contributed by atoms with E-state index in [4.69, 9.17) is 4.74 Å². The van der Waals surface area contributed by atoms with Crippen molar-refractivity contribution in [2.45, 2.75) is 19.0 Å². The zero-order chi connectivity index (χ0) is 18.8. The Bertz CT molecular complexity index is 1010. The third-order valence-electron chi connectivity index (χ3n) is 5.98. The van der Waals surface area contributed by atoms with E-state index in [0.29, 0.717) is 6.04 Å². The van der Waals surface area contributed by atoms with Crippen LogP contribution in [0.25, 0.3) is 21.8 Å². The fraction of sp³-hybridized carbons (Fsp3) is 0.280. The molecule has 0 amide bonds. The minimum absolute atomic E-state index is 0.421. The van der Waals surface area contributed by atoms with Crippen LogP contribution in [0.3, 0.4) is 0 Å². The van der Waals surface area contributed by atoms with Crippen molar-refractivity contribution < 1.29 is 4.74 Å². The van der Waals surface area contributed by atoms with E-state index in [-0.39, 0.29) is 0 Å². The van der Waals surface area contributed by atoms with Gasteiger partial charge in [-0.05, 0) is 24.1 Å². The molecule has 0 spiro atoms. The van der Waals surface area contributed by atoms with E-state index >= 15 is 0 Å². The molecule has 1 saturated heterocycles. The van der Waals surface area contributed by atoms with Crippen molar-refractivity contribution in [2.24, 2.45) is 0 Å². The summed E-state index contributed by atoms with van der Waals surface area (Å²) < 4.78 is 8.11. The molecule has 3 aromatic carbocycles. The fourth-order valence-electron chi connectivity index (χ4n) is 4.62. The quantitative estimate of drug-likeness (QED) is 0.477. The normalized spacial score (nSPS) is 16.6. The Labute approximate surface area is 166 Å². The van der Waals surface area contributed by atoms with Crippen molar-refractivity contribution >= 4 is 21.8 Å². The highest BCUT2D eigenvalue weighted by molar-refractivity contribution is 6.07. The lowest BCUT2D eigenvalue weighted by molar-refractivity contribution is 0.0134. The molecule has 1 aromatic heterocycles. The van der Waals surface area contributed by atoms with Crippen LogP contribution < -0.4 is 0 Å². The van der Waals surface area contributed by atoms with Crippen LogP contribution in [0.1, 0.15) is 18.0 Å². The van der Waals surface area contributed by atoms with Gasteiger partial charge in [-0.3, -0.25) is 4.90 Å². The number of ether oxygens (including phenoxy) is 1. The topological polar surface area (TPSA) is 17.4 Å². The van der Waals surface area contributed by atoms with Crippen molar-refractivity contribution in [3.05, 3.63) is 84.4 Å². The predicted octanol–water partition coefficient (Wildman–Crippen LogP) is 5.26. The first-order chi connectivity index (χ1) is 13.9. The molecule has 1 fully saturated rings. The fourth-order valence-corrected chi connectivity index (χ4v) is 4.62. The van der Waals surface area contributed by atoms with Gasteiger partial charge in [0.1, 0.15) is 0 Å². The first-order valence-corrected chi connectivity index (χ1v) is 10.2. The maximum absolute atomic E-state index is 5.60. The average Bonchev–Trinajstić information content (AvgIpc) is 3.10. The summed E-state index contributed by atoms with van der Waals surface area (Å²) in [6.45, 7) is 4.68. The molecular weight excluding hydrogens is 344 g/mol. The Balaban J connectivity index is 1.50. The molecule has 0 bridgehead atoms. The van der Waals surface area contributed by atoms with Crippen LogP contribution in [0, 0.1) is 0 Å². The molecular formula is C25H26N2O. The third kappa shape index (κ3) is 3.21. The molecule has 0 N–H and O–H groups in total. The summed E-state index contributed by atoms with van der Waals surface area (Å²) in [7, 11) is 0. The van der Waals surface area contributed by atoms with E-state index in [1.54, 1.807) is 0 Å². The number of hydrogen-bond acceptors (Lipinski definition) is 2. The molecule has 3 nitrogen and oxygen atoms in total. The molecule has 4 aromatic rings. The van der Waals surface area contributed by atoms with Gasteiger partial charge in [0, 0.05) is 47.5 Å². The molecule has 28 heavy (non-hydrogen) atoms. The van der Waals surface area contributed by atoms with Gasteiger partial charge in [0.25, 0.3) is 0 Å². The van der Waals surface area contributed by atoms with Gasteiger partial charge in [-0.1, -0.05) is 66.7 Å². The zero-order valence-corrected chi connectivity index (χ0v) is 16.1. The number of benzene rings is 3. The Morgan fingerprint density at radius 1 is 0.714 bits per heavy atom. The highest BCUT2D eigenvalue weighted by Gasteiger charge is 2.23. The molecule has 1 atom stereocenters. The van der Waals surface area contributed by atoms with Crippen LogP contribution in [0.15, 0.2) is 78.9 Å². The summed E-state index contributed by atoms with van der Waals surface area (Å²) in [4.78, 5) is 2.59. The molecule has 1 aliphatic heterocycles. The lowest BCUT2D eigenvalue weighted by atomic mass is 10.0. The van der Waals surface area contributed by atoms with Gasteiger partial charge in [-0.25, -0.2) is 0 Å². The molecule has 0 radical (unpaired) electrons. The number of rotatable bonds is 5. The van der Waals surface area contributed by atoms with Crippen LogP contribution in [0.2, 0.25) is 0 Å². The van der Waals surface area contributed by atoms with Gasteiger partial charge in [0.15, 0.2) is 0 Å². The minimum Gasteiger partial charge on any atom is -0.379 e. The first kappa shape index (κ1) is 17.5. The standard InChI is InChI=1S/C25H26N2O/c1-2-8-20(9-3-1)23(26-16-18-28-19-17-26)14-15-27-24-12-6-4-10-21(24)22-11-5-7-13-25(22)27/h1-13,23H,14-19H2. The van der Waals surface area contributed by atoms with Gasteiger partial charge < -0.3 is 9.30 Å². The van der Waals surface area contributed by atoms with E-state index in [1.807, 2.05) is 0 Å². The lowest BCUT2D eigenvalue weighted by Gasteiger charge is -2.35. The van der Waals surface area contributed by atoms with Gasteiger partial charge in [0.2, 0.25) is 0 Å². The van der Waals surface area contributed by atoms with Gasteiger partial charge in [-0.2, -0.15) is 0 Å². The number of aryl methyl sites for hydroxylation is 1. The zero-order valence-electron chi connectivity index (χ0n) is 16.1. The van der Waals surface area contributed by atoms with E-state index < -0.39 is 0 Å². The number of hydrogen-bond donors (Lipinski definition) is 0. The van der Waals surface area contributed by atoms with Crippen molar-refractivity contribution in [2.75, 3.05) is 26.3 Å². The number of aromatic nitrogens is 1. The second-order valence-corrected chi connectivity index (χ2v) is 7.55. The third-order valence-corrected chi connectivity index (χ3v) is 5.98. The van der Waals surface area contributed by atoms with Crippen LogP contribution in [0.5, 0.6) is 0 Å². The second kappa shape index (κ2) is 7.78. The predicted molar refractivity (Wildman–Crippen MR) is 116 cm³/mol. The SMILES string of the molecule is c1ccc(C(CCn2c3ccccc3c3ccccc32)N2CCOCC2)cc1. The van der Waals surface area contributed by atoms with E-state index in [0.717, 1.165) is 39.3 Å². The summed E-state index contributed by atoms with van der Waals surface area (Å²) in [5.74, 6) is 0. The van der Waals surface area contributed by atoms with Crippen LogP contribution in [-0.4, -0.2) is 35.8 Å². The highest BCUT2D eigenvalue weighted by atomic mass is 16.5. The summed E-state index contributed by atoms with van der Waals surface area (Å²) >= 11 is 0. The number of nitrogens with zero attached hydrogens (tertiary/aromatic N) is 2. The summed E-state index contributed by atoms with van der Waals surface area (Å²) in [5.41, 5.74) is 4.07. The smallest absolute Gasteiger partial charge is 0.0594 e. The molecule has 1 unspecified atom stereocenters. The van der Waals surface area contributed by atoms with E-state index in [9.17, 15) is 0 Å². The van der Waals surface area contributed by atoms with Crippen molar-refractivity contribution in [1.82, 2.24) is 9.47 Å². The monoisotopic (exact) mass is 370 g/mol. The molecule has 1 aliphatic rings. The average molecular weight is 370 g/mol. The second-order valence-electron chi connectivity index (χ2n) is 7.55. The highest BCUT2D eigenvalue weighted by Crippen LogP contribution is 2.31. The van der Waals surface area contributed by atoms with Gasteiger partial charge >= 0.3 is 0 Å². The largest absolute Gasteiger partial charge is 0.379 e. The lowest BCUT2D eigenvalue weighted by Crippen LogP contribution is -2.39. The molecule has 142 valence electrons. The number of para-hydroxylation sites is 2. The molecule has 3 heteroatoms. The summed E-state index contributed by atoms with van der Waals surface area (Å²) in [6, 6.07) is 28.9. The molecule has 2 heterocycles. The molecule has 0 aliphatic carbocycles. The van der Waals surface area contributed by atoms with Crippen molar-refractivity contribution in [3.63, 3.8) is 0 Å². The first-order valence-electron chi connectivity index (χ1n) is 10.2. The summed E-state index contributed by atoms with van der Waals surface area (Å²) in [5, 5.41) is 2.70. The Morgan fingerprint density at radius 2 is 1.29 bits per heavy atom. The van der Waals surface area contributed by atoms with Gasteiger partial charge in [0.05, 0.1) is 13.2 Å². The maximum atomic E-state index is 5.60. The number of fused-ring (bicyclic) bond motifs is 3. The van der Waals surface area contributed by atoms with Crippen molar-refractivity contribution in [1.29, 1.82) is 0 Å². The Hall–Kier alpha value is -2.62. The Kier molecular flexibility index (Phi) is 4.86. The van der Waals surface area contributed by atoms with E-state index in [2.05, 4.69) is 88.3 Å². The molecule has 0 saturated carbocycles. The van der Waals surface area contributed by atoms with Crippen LogP contribution in [-0.2, 0) is 11.3 Å².